The van der Waals surface area contributed by atoms with Crippen LogP contribution in [0.15, 0.2) is 27.0 Å². The number of aryl methyl sites for hydroxylation is 2. The maximum Gasteiger partial charge on any atom is 0.156 e. The van der Waals surface area contributed by atoms with Gasteiger partial charge in [-0.2, -0.15) is 0 Å². The molecule has 2 aromatic rings. The van der Waals surface area contributed by atoms with E-state index in [1.54, 1.807) is 29.3 Å². The van der Waals surface area contributed by atoms with Gasteiger partial charge in [0, 0.05) is 29.4 Å². The summed E-state index contributed by atoms with van der Waals surface area (Å²) in [6, 6.07) is 2.06. The van der Waals surface area contributed by atoms with E-state index in [2.05, 4.69) is 23.0 Å². The van der Waals surface area contributed by atoms with E-state index < -0.39 is 0 Å². The molecule has 0 fully saturated rings. The number of nitrogens with zero attached hydrogens (tertiary/aromatic N) is 2. The monoisotopic (exact) mass is 251 g/mol. The summed E-state index contributed by atoms with van der Waals surface area (Å²) in [7, 11) is 0. The number of pyridine rings is 1. The van der Waals surface area contributed by atoms with Crippen LogP contribution in [-0.4, -0.2) is 9.97 Å². The van der Waals surface area contributed by atoms with Crippen LogP contribution in [0, 0.1) is 13.8 Å². The summed E-state index contributed by atoms with van der Waals surface area (Å²) < 4.78 is 1.01. The Morgan fingerprint density at radius 3 is 2.88 bits per heavy atom. The smallest absolute Gasteiger partial charge is 0.156 e. The molecule has 0 aliphatic rings. The van der Waals surface area contributed by atoms with Gasteiger partial charge in [-0.3, -0.25) is 0 Å². The highest BCUT2D eigenvalue weighted by atomic mass is 32.2. The fourth-order valence-corrected chi connectivity index (χ4v) is 3.30. The molecule has 2 heterocycles. The standard InChI is InChI=1S/C11H13N3S2/c1-7-5-8(2)14-10(9(7)6-12)16-11-13-3-4-15-11/h3-5H,6,12H2,1-2H3. The summed E-state index contributed by atoms with van der Waals surface area (Å²) in [4.78, 5) is 8.78. The number of nitrogens with two attached hydrogens (primary N) is 1. The molecule has 0 bridgehead atoms. The van der Waals surface area contributed by atoms with E-state index in [9.17, 15) is 0 Å². The summed E-state index contributed by atoms with van der Waals surface area (Å²) in [6.45, 7) is 4.59. The SMILES string of the molecule is Cc1cc(C)c(CN)c(Sc2nccs2)n1. The normalized spacial score (nSPS) is 10.7. The van der Waals surface area contributed by atoms with Crippen molar-refractivity contribution in [2.45, 2.75) is 29.8 Å². The van der Waals surface area contributed by atoms with Gasteiger partial charge in [-0.05, 0) is 37.2 Å². The van der Waals surface area contributed by atoms with Gasteiger partial charge >= 0.3 is 0 Å². The van der Waals surface area contributed by atoms with Crippen molar-refractivity contribution in [1.82, 2.24) is 9.97 Å². The molecule has 0 aromatic carbocycles. The van der Waals surface area contributed by atoms with E-state index in [1.165, 1.54) is 5.56 Å². The van der Waals surface area contributed by atoms with Crippen LogP contribution in [0.3, 0.4) is 0 Å². The highest BCUT2D eigenvalue weighted by Gasteiger charge is 2.10. The van der Waals surface area contributed by atoms with Crippen LogP contribution in [0.4, 0.5) is 0 Å². The van der Waals surface area contributed by atoms with Crippen LogP contribution < -0.4 is 5.73 Å². The first-order chi connectivity index (χ1) is 7.70. The van der Waals surface area contributed by atoms with Crippen LogP contribution >= 0.6 is 23.1 Å². The van der Waals surface area contributed by atoms with Gasteiger partial charge in [0.2, 0.25) is 0 Å². The second kappa shape index (κ2) is 4.95. The van der Waals surface area contributed by atoms with Crippen molar-refractivity contribution in [3.8, 4) is 0 Å². The first kappa shape index (κ1) is 11.6. The summed E-state index contributed by atoms with van der Waals surface area (Å²) in [6.07, 6.45) is 1.80. The molecule has 0 aliphatic heterocycles. The third-order valence-corrected chi connectivity index (χ3v) is 4.15. The summed E-state index contributed by atoms with van der Waals surface area (Å²) in [5.74, 6) is 0. The van der Waals surface area contributed by atoms with E-state index in [1.807, 2.05) is 12.3 Å². The van der Waals surface area contributed by atoms with Gasteiger partial charge in [-0.25, -0.2) is 9.97 Å². The zero-order valence-electron chi connectivity index (χ0n) is 9.23. The molecule has 84 valence electrons. The fourth-order valence-electron chi connectivity index (χ4n) is 1.51. The van der Waals surface area contributed by atoms with E-state index in [4.69, 9.17) is 5.73 Å². The molecule has 3 nitrogen and oxygen atoms in total. The average molecular weight is 251 g/mol. The van der Waals surface area contributed by atoms with E-state index >= 15 is 0 Å². The summed E-state index contributed by atoms with van der Waals surface area (Å²) in [5.41, 5.74) is 9.10. The second-order valence-corrected chi connectivity index (χ2v) is 5.60. The zero-order chi connectivity index (χ0) is 11.5. The van der Waals surface area contributed by atoms with Crippen molar-refractivity contribution >= 4 is 23.1 Å². The van der Waals surface area contributed by atoms with Gasteiger partial charge in [-0.15, -0.1) is 11.3 Å². The summed E-state index contributed by atoms with van der Waals surface area (Å²) >= 11 is 3.21. The lowest BCUT2D eigenvalue weighted by Gasteiger charge is -2.09. The minimum Gasteiger partial charge on any atom is -0.326 e. The first-order valence-electron chi connectivity index (χ1n) is 4.95. The summed E-state index contributed by atoms with van der Waals surface area (Å²) in [5, 5.41) is 2.95. The van der Waals surface area contributed by atoms with Gasteiger partial charge in [0.15, 0.2) is 4.34 Å². The van der Waals surface area contributed by atoms with E-state index in [0.717, 1.165) is 20.6 Å². The van der Waals surface area contributed by atoms with Gasteiger partial charge in [0.1, 0.15) is 5.03 Å². The molecule has 2 N–H and O–H groups in total. The van der Waals surface area contributed by atoms with Gasteiger partial charge in [0.25, 0.3) is 0 Å². The second-order valence-electron chi connectivity index (χ2n) is 3.47. The third kappa shape index (κ3) is 2.42. The third-order valence-electron chi connectivity index (χ3n) is 2.24. The van der Waals surface area contributed by atoms with Crippen molar-refractivity contribution in [2.24, 2.45) is 5.73 Å². The molecule has 5 heteroatoms. The predicted molar refractivity (Wildman–Crippen MR) is 67.8 cm³/mol. The minimum absolute atomic E-state index is 0.521. The average Bonchev–Trinajstić information content (AvgIpc) is 2.70. The minimum atomic E-state index is 0.521. The van der Waals surface area contributed by atoms with Gasteiger partial charge in [-0.1, -0.05) is 0 Å². The molecule has 2 aromatic heterocycles. The number of rotatable bonds is 3. The Kier molecular flexibility index (Phi) is 3.58. The number of aromatic nitrogens is 2. The molecular formula is C11H13N3S2. The molecule has 0 unspecified atom stereocenters. The number of hydrogen-bond acceptors (Lipinski definition) is 5. The van der Waals surface area contributed by atoms with Crippen LogP contribution in [0.5, 0.6) is 0 Å². The first-order valence-corrected chi connectivity index (χ1v) is 6.65. The molecule has 0 saturated heterocycles. The van der Waals surface area contributed by atoms with Crippen molar-refractivity contribution in [1.29, 1.82) is 0 Å². The van der Waals surface area contributed by atoms with Crippen molar-refractivity contribution < 1.29 is 0 Å². The molecule has 0 spiro atoms. The topological polar surface area (TPSA) is 51.8 Å². The van der Waals surface area contributed by atoms with E-state index in [-0.39, 0.29) is 0 Å². The van der Waals surface area contributed by atoms with Crippen molar-refractivity contribution in [2.75, 3.05) is 0 Å². The lowest BCUT2D eigenvalue weighted by Crippen LogP contribution is -2.04. The lowest BCUT2D eigenvalue weighted by molar-refractivity contribution is 0.921. The highest BCUT2D eigenvalue weighted by molar-refractivity contribution is 8.01. The Hall–Kier alpha value is -0.910. The molecule has 2 rings (SSSR count). The van der Waals surface area contributed by atoms with Crippen molar-refractivity contribution in [3.63, 3.8) is 0 Å². The van der Waals surface area contributed by atoms with Crippen LogP contribution in [-0.2, 0) is 6.54 Å². The Morgan fingerprint density at radius 1 is 1.44 bits per heavy atom. The zero-order valence-corrected chi connectivity index (χ0v) is 10.9. The molecule has 0 radical (unpaired) electrons. The predicted octanol–water partition coefficient (Wildman–Crippen LogP) is 2.76. The Balaban J connectivity index is 2.39. The van der Waals surface area contributed by atoms with Crippen LogP contribution in [0.1, 0.15) is 16.8 Å². The number of hydrogen-bond donors (Lipinski definition) is 1. The highest BCUT2D eigenvalue weighted by Crippen LogP contribution is 2.31. The Bertz CT molecular complexity index is 480. The van der Waals surface area contributed by atoms with Crippen molar-refractivity contribution in [3.05, 3.63) is 34.5 Å². The molecule has 0 atom stereocenters. The molecule has 0 saturated carbocycles. The van der Waals surface area contributed by atoms with E-state index in [0.29, 0.717) is 6.54 Å². The van der Waals surface area contributed by atoms with Gasteiger partial charge in [0.05, 0.1) is 0 Å². The quantitative estimate of drug-likeness (QED) is 0.911. The maximum absolute atomic E-state index is 5.76. The van der Waals surface area contributed by atoms with Crippen LogP contribution in [0.2, 0.25) is 0 Å². The Morgan fingerprint density at radius 2 is 2.25 bits per heavy atom. The Labute approximate surface area is 103 Å². The molecule has 0 amide bonds. The lowest BCUT2D eigenvalue weighted by atomic mass is 10.1. The van der Waals surface area contributed by atoms with Crippen LogP contribution in [0.25, 0.3) is 0 Å². The molecule has 0 aliphatic carbocycles. The molecule has 16 heavy (non-hydrogen) atoms. The number of thiazole rings is 1. The maximum atomic E-state index is 5.76. The fraction of sp³-hybridized carbons (Fsp3) is 0.273. The molecular weight excluding hydrogens is 238 g/mol. The largest absolute Gasteiger partial charge is 0.326 e. The van der Waals surface area contributed by atoms with Gasteiger partial charge < -0.3 is 5.73 Å².